The molecule has 0 saturated carbocycles. The summed E-state index contributed by atoms with van der Waals surface area (Å²) < 4.78 is 15.9. The van der Waals surface area contributed by atoms with Crippen molar-refractivity contribution in [3.8, 4) is 11.6 Å². The zero-order valence-corrected chi connectivity index (χ0v) is 11.5. The Morgan fingerprint density at radius 2 is 2.22 bits per heavy atom. The first-order chi connectivity index (χ1) is 8.67. The van der Waals surface area contributed by atoms with E-state index in [0.29, 0.717) is 5.75 Å². The van der Waals surface area contributed by atoms with E-state index in [2.05, 4.69) is 20.9 Å². The molecule has 0 unspecified atom stereocenters. The molecule has 0 aliphatic rings. The molecule has 18 heavy (non-hydrogen) atoms. The Hall–Kier alpha value is -1.69. The number of H-pyrrole nitrogens is 1. The Balaban J connectivity index is 2.45. The third-order valence-electron chi connectivity index (χ3n) is 2.35. The van der Waals surface area contributed by atoms with E-state index in [1.807, 2.05) is 18.2 Å². The minimum atomic E-state index is -0.765. The number of hydrogen-bond donors (Lipinski definition) is 1. The summed E-state index contributed by atoms with van der Waals surface area (Å²) in [4.78, 5) is 14.3. The Morgan fingerprint density at radius 3 is 2.89 bits per heavy atom. The van der Waals surface area contributed by atoms with E-state index in [1.54, 1.807) is 6.92 Å². The van der Waals surface area contributed by atoms with Gasteiger partial charge in [0.2, 0.25) is 5.88 Å². The van der Waals surface area contributed by atoms with Crippen LogP contribution in [0.25, 0.3) is 10.9 Å². The summed E-state index contributed by atoms with van der Waals surface area (Å²) in [6.07, 6.45) is -0.765. The van der Waals surface area contributed by atoms with Gasteiger partial charge >= 0.3 is 6.16 Å². The van der Waals surface area contributed by atoms with Crippen molar-refractivity contribution in [1.82, 2.24) is 4.98 Å². The number of fused-ring (bicyclic) bond motifs is 1. The van der Waals surface area contributed by atoms with E-state index in [4.69, 9.17) is 14.2 Å². The minimum absolute atomic E-state index is 0.234. The molecule has 0 spiro atoms. The second-order valence-corrected chi connectivity index (χ2v) is 4.29. The number of nitrogens with one attached hydrogen (secondary N) is 1. The third kappa shape index (κ3) is 2.28. The molecule has 0 atom stereocenters. The molecule has 1 aromatic carbocycles. The highest BCUT2D eigenvalue weighted by atomic mass is 79.9. The summed E-state index contributed by atoms with van der Waals surface area (Å²) >= 11 is 3.43. The van der Waals surface area contributed by atoms with Gasteiger partial charge < -0.3 is 19.2 Å². The van der Waals surface area contributed by atoms with Gasteiger partial charge in [-0.25, -0.2) is 4.79 Å². The summed E-state index contributed by atoms with van der Waals surface area (Å²) in [5, 5.41) is 0.819. The molecule has 96 valence electrons. The van der Waals surface area contributed by atoms with Crippen molar-refractivity contribution in [2.24, 2.45) is 0 Å². The molecule has 1 heterocycles. The van der Waals surface area contributed by atoms with Crippen LogP contribution in [-0.2, 0) is 4.74 Å². The molecule has 0 aliphatic heterocycles. The summed E-state index contributed by atoms with van der Waals surface area (Å²) in [5.41, 5.74) is 0.806. The van der Waals surface area contributed by atoms with Gasteiger partial charge in [-0.2, -0.15) is 0 Å². The molecular formula is C12H12BrNO4. The van der Waals surface area contributed by atoms with Crippen molar-refractivity contribution < 1.29 is 19.0 Å². The smallest absolute Gasteiger partial charge is 0.491 e. The van der Waals surface area contributed by atoms with Crippen molar-refractivity contribution in [3.63, 3.8) is 0 Å². The highest BCUT2D eigenvalue weighted by molar-refractivity contribution is 9.10. The Morgan fingerprint density at radius 1 is 1.44 bits per heavy atom. The van der Waals surface area contributed by atoms with Crippen LogP contribution < -0.4 is 9.47 Å². The minimum Gasteiger partial charge on any atom is -0.491 e. The molecule has 0 amide bonds. The van der Waals surface area contributed by atoms with Crippen LogP contribution in [0.2, 0.25) is 0 Å². The van der Waals surface area contributed by atoms with Gasteiger partial charge in [-0.3, -0.25) is 0 Å². The lowest BCUT2D eigenvalue weighted by atomic mass is 10.2. The van der Waals surface area contributed by atoms with Gasteiger partial charge in [0, 0.05) is 4.47 Å². The maximum atomic E-state index is 11.3. The molecule has 6 heteroatoms. The fraction of sp³-hybridized carbons (Fsp3) is 0.250. The summed E-state index contributed by atoms with van der Waals surface area (Å²) in [6, 6.07) is 5.62. The molecule has 1 aromatic heterocycles. The number of benzene rings is 1. The summed E-state index contributed by atoms with van der Waals surface area (Å²) in [6.45, 7) is 1.96. The van der Waals surface area contributed by atoms with Crippen LogP contribution in [0.1, 0.15) is 6.92 Å². The van der Waals surface area contributed by atoms with Gasteiger partial charge in [-0.05, 0) is 35.0 Å². The van der Waals surface area contributed by atoms with Gasteiger partial charge in [-0.15, -0.1) is 0 Å². The number of aromatic nitrogens is 1. The van der Waals surface area contributed by atoms with E-state index in [-0.39, 0.29) is 12.5 Å². The quantitative estimate of drug-likeness (QED) is 0.881. The number of aromatic amines is 1. The molecule has 5 nitrogen and oxygen atoms in total. The molecule has 0 radical (unpaired) electrons. The zero-order valence-electron chi connectivity index (χ0n) is 9.95. The largest absolute Gasteiger partial charge is 0.515 e. The van der Waals surface area contributed by atoms with Crippen molar-refractivity contribution >= 4 is 33.0 Å². The molecule has 0 saturated heterocycles. The topological polar surface area (TPSA) is 60.5 Å². The molecule has 2 aromatic rings. The van der Waals surface area contributed by atoms with Crippen molar-refractivity contribution in [2.75, 3.05) is 13.7 Å². The monoisotopic (exact) mass is 313 g/mol. The number of methoxy groups -OCH3 is 1. The number of carbonyl (C=O) groups excluding carboxylic acids is 1. The predicted octanol–water partition coefficient (Wildman–Crippen LogP) is 3.47. The van der Waals surface area contributed by atoms with Crippen LogP contribution >= 0.6 is 15.9 Å². The Bertz CT molecular complexity index is 579. The van der Waals surface area contributed by atoms with Crippen LogP contribution in [-0.4, -0.2) is 24.9 Å². The van der Waals surface area contributed by atoms with Crippen LogP contribution in [0.15, 0.2) is 22.7 Å². The van der Waals surface area contributed by atoms with Crippen molar-refractivity contribution in [3.05, 3.63) is 22.7 Å². The first-order valence-electron chi connectivity index (χ1n) is 5.36. The Kier molecular flexibility index (Phi) is 3.76. The maximum absolute atomic E-state index is 11.3. The van der Waals surface area contributed by atoms with Gasteiger partial charge in [0.15, 0.2) is 5.75 Å². The third-order valence-corrected chi connectivity index (χ3v) is 3.01. The van der Waals surface area contributed by atoms with Gasteiger partial charge in [-0.1, -0.05) is 6.07 Å². The lowest BCUT2D eigenvalue weighted by Gasteiger charge is -2.04. The fourth-order valence-corrected chi connectivity index (χ4v) is 2.20. The molecule has 0 fully saturated rings. The standard InChI is InChI=1S/C12H12BrNO4/c1-3-17-12(15)18-11-10(16-2)9-7(13)5-4-6-8(9)14-11/h4-6,14H,3H2,1-2H3. The molecular weight excluding hydrogens is 302 g/mol. The second-order valence-electron chi connectivity index (χ2n) is 3.43. The van der Waals surface area contributed by atoms with Gasteiger partial charge in [0.05, 0.1) is 24.6 Å². The molecule has 1 N–H and O–H groups in total. The van der Waals surface area contributed by atoms with E-state index in [9.17, 15) is 4.79 Å². The average Bonchev–Trinajstić information content (AvgIpc) is 2.68. The van der Waals surface area contributed by atoms with Crippen LogP contribution in [0.3, 0.4) is 0 Å². The van der Waals surface area contributed by atoms with E-state index in [0.717, 1.165) is 15.4 Å². The lowest BCUT2D eigenvalue weighted by molar-refractivity contribution is 0.102. The second kappa shape index (κ2) is 5.30. The first-order valence-corrected chi connectivity index (χ1v) is 6.15. The van der Waals surface area contributed by atoms with E-state index < -0.39 is 6.16 Å². The maximum Gasteiger partial charge on any atom is 0.515 e. The number of halogens is 1. The van der Waals surface area contributed by atoms with E-state index in [1.165, 1.54) is 7.11 Å². The van der Waals surface area contributed by atoms with Crippen molar-refractivity contribution in [2.45, 2.75) is 6.92 Å². The van der Waals surface area contributed by atoms with Crippen LogP contribution in [0.5, 0.6) is 11.6 Å². The van der Waals surface area contributed by atoms with Gasteiger partial charge in [0.1, 0.15) is 0 Å². The predicted molar refractivity (Wildman–Crippen MR) is 70.2 cm³/mol. The van der Waals surface area contributed by atoms with Crippen LogP contribution in [0, 0.1) is 0 Å². The lowest BCUT2D eigenvalue weighted by Crippen LogP contribution is -2.10. The van der Waals surface area contributed by atoms with Crippen molar-refractivity contribution in [1.29, 1.82) is 0 Å². The molecule has 2 rings (SSSR count). The first kappa shape index (κ1) is 12.8. The number of ether oxygens (including phenoxy) is 3. The average molecular weight is 314 g/mol. The SMILES string of the molecule is CCOC(=O)Oc1[nH]c2cccc(Br)c2c1OC. The number of rotatable bonds is 3. The molecule has 0 bridgehead atoms. The number of hydrogen-bond acceptors (Lipinski definition) is 4. The zero-order chi connectivity index (χ0) is 13.1. The summed E-state index contributed by atoms with van der Waals surface area (Å²) in [5.74, 6) is 0.698. The normalized spacial score (nSPS) is 10.4. The van der Waals surface area contributed by atoms with Gasteiger partial charge in [0.25, 0.3) is 0 Å². The van der Waals surface area contributed by atoms with E-state index >= 15 is 0 Å². The number of carbonyl (C=O) groups is 1. The fourth-order valence-electron chi connectivity index (χ4n) is 1.65. The highest BCUT2D eigenvalue weighted by Gasteiger charge is 2.18. The summed E-state index contributed by atoms with van der Waals surface area (Å²) in [7, 11) is 1.51. The Labute approximate surface area is 112 Å². The highest BCUT2D eigenvalue weighted by Crippen LogP contribution is 2.39. The van der Waals surface area contributed by atoms with Crippen LogP contribution in [0.4, 0.5) is 4.79 Å². The molecule has 0 aliphatic carbocycles.